The number of aromatic nitrogens is 4. The summed E-state index contributed by atoms with van der Waals surface area (Å²) in [5, 5.41) is 0. The number of anilines is 1. The van der Waals surface area contributed by atoms with Crippen molar-refractivity contribution in [2.45, 2.75) is 19.9 Å². The molecule has 7 nitrogen and oxygen atoms in total. The highest BCUT2D eigenvalue weighted by Gasteiger charge is 2.38. The van der Waals surface area contributed by atoms with E-state index in [0.29, 0.717) is 22.8 Å². The summed E-state index contributed by atoms with van der Waals surface area (Å²) >= 11 is 0. The second-order valence-electron chi connectivity index (χ2n) is 8.04. The van der Waals surface area contributed by atoms with Crippen molar-refractivity contribution in [3.05, 3.63) is 95.7 Å². The van der Waals surface area contributed by atoms with E-state index in [-0.39, 0.29) is 17.8 Å². The summed E-state index contributed by atoms with van der Waals surface area (Å²) in [6.07, 6.45) is 8.56. The molecule has 3 heterocycles. The molecule has 1 amide bonds. The molecule has 4 aromatic rings. The number of hydrogen-bond acceptors (Lipinski definition) is 5. The van der Waals surface area contributed by atoms with E-state index in [1.807, 2.05) is 42.8 Å². The Morgan fingerprint density at radius 3 is 2.53 bits per heavy atom. The Labute approximate surface area is 196 Å². The van der Waals surface area contributed by atoms with Crippen molar-refractivity contribution in [2.24, 2.45) is 0 Å². The second-order valence-corrected chi connectivity index (χ2v) is 8.04. The van der Waals surface area contributed by atoms with Crippen LogP contribution in [0.3, 0.4) is 0 Å². The number of nitrogens with zero attached hydrogens (tertiary/aromatic N) is 5. The van der Waals surface area contributed by atoms with Crippen LogP contribution in [0.2, 0.25) is 0 Å². The van der Waals surface area contributed by atoms with Gasteiger partial charge in [0, 0.05) is 18.6 Å². The number of aryl methyl sites for hydroxylation is 1. The van der Waals surface area contributed by atoms with Gasteiger partial charge in [-0.1, -0.05) is 18.2 Å². The zero-order chi connectivity index (χ0) is 23.8. The SMILES string of the molecule is COc1cc(C=C2C(=O)N(C(C)c3ccc(F)cc3)c3nccnc32)ccc1-n1cnc(C)c1. The Morgan fingerprint density at radius 1 is 1.06 bits per heavy atom. The van der Waals surface area contributed by atoms with Crippen molar-refractivity contribution in [2.75, 3.05) is 12.0 Å². The van der Waals surface area contributed by atoms with E-state index in [4.69, 9.17) is 4.74 Å². The van der Waals surface area contributed by atoms with Crippen molar-refractivity contribution >= 4 is 23.4 Å². The van der Waals surface area contributed by atoms with Gasteiger partial charge in [-0.15, -0.1) is 0 Å². The number of hydrogen-bond donors (Lipinski definition) is 0. The maximum absolute atomic E-state index is 13.6. The predicted octanol–water partition coefficient (Wildman–Crippen LogP) is 4.77. The molecule has 8 heteroatoms. The lowest BCUT2D eigenvalue weighted by atomic mass is 10.1. The minimum absolute atomic E-state index is 0.216. The lowest BCUT2D eigenvalue weighted by molar-refractivity contribution is -0.113. The van der Waals surface area contributed by atoms with E-state index in [2.05, 4.69) is 15.0 Å². The average Bonchev–Trinajstić information content (AvgIpc) is 3.40. The van der Waals surface area contributed by atoms with Gasteiger partial charge in [0.2, 0.25) is 0 Å². The Balaban J connectivity index is 1.54. The first kappa shape index (κ1) is 21.5. The molecule has 1 aliphatic heterocycles. The molecule has 0 fully saturated rings. The third-order valence-electron chi connectivity index (χ3n) is 5.86. The summed E-state index contributed by atoms with van der Waals surface area (Å²) < 4.78 is 20.9. The Bertz CT molecular complexity index is 1410. The molecule has 0 aliphatic carbocycles. The number of methoxy groups -OCH3 is 1. The van der Waals surface area contributed by atoms with E-state index < -0.39 is 0 Å². The van der Waals surface area contributed by atoms with E-state index in [9.17, 15) is 9.18 Å². The van der Waals surface area contributed by atoms with Crippen LogP contribution < -0.4 is 9.64 Å². The molecule has 2 aromatic heterocycles. The van der Waals surface area contributed by atoms with Crippen LogP contribution in [-0.2, 0) is 4.79 Å². The van der Waals surface area contributed by atoms with Crippen LogP contribution in [0.25, 0.3) is 17.3 Å². The summed E-state index contributed by atoms with van der Waals surface area (Å²) in [5.41, 5.74) is 4.27. The molecule has 5 rings (SSSR count). The maximum atomic E-state index is 13.6. The molecular formula is C26H22FN5O2. The summed E-state index contributed by atoms with van der Waals surface area (Å²) in [7, 11) is 1.60. The van der Waals surface area contributed by atoms with Gasteiger partial charge in [-0.3, -0.25) is 14.7 Å². The van der Waals surface area contributed by atoms with E-state index in [0.717, 1.165) is 22.5 Å². The van der Waals surface area contributed by atoms with E-state index >= 15 is 0 Å². The van der Waals surface area contributed by atoms with Crippen molar-refractivity contribution in [3.63, 3.8) is 0 Å². The first-order valence-electron chi connectivity index (χ1n) is 10.8. The van der Waals surface area contributed by atoms with Gasteiger partial charge >= 0.3 is 0 Å². The molecule has 0 saturated heterocycles. The quantitative estimate of drug-likeness (QED) is 0.406. The van der Waals surface area contributed by atoms with Gasteiger partial charge in [0.25, 0.3) is 5.91 Å². The van der Waals surface area contributed by atoms with Crippen LogP contribution in [0, 0.1) is 12.7 Å². The first-order chi connectivity index (χ1) is 16.5. The van der Waals surface area contributed by atoms with Crippen molar-refractivity contribution < 1.29 is 13.9 Å². The number of rotatable bonds is 5. The molecule has 1 unspecified atom stereocenters. The Kier molecular flexibility index (Phi) is 5.41. The van der Waals surface area contributed by atoms with E-state index in [1.165, 1.54) is 12.1 Å². The number of benzene rings is 2. The third-order valence-corrected chi connectivity index (χ3v) is 5.86. The highest BCUT2D eigenvalue weighted by molar-refractivity contribution is 6.35. The molecule has 0 radical (unpaired) electrons. The molecule has 170 valence electrons. The molecule has 34 heavy (non-hydrogen) atoms. The van der Waals surface area contributed by atoms with Gasteiger partial charge in [0.1, 0.15) is 17.3 Å². The Hall–Kier alpha value is -4.33. The minimum atomic E-state index is -0.351. The first-order valence-corrected chi connectivity index (χ1v) is 10.8. The second kappa shape index (κ2) is 8.55. The molecule has 1 aliphatic rings. The number of amides is 1. The Morgan fingerprint density at radius 2 is 1.82 bits per heavy atom. The van der Waals surface area contributed by atoms with Gasteiger partial charge in [0.15, 0.2) is 5.82 Å². The fraction of sp³-hybridized carbons (Fsp3) is 0.154. The number of imidazole rings is 1. The predicted molar refractivity (Wildman–Crippen MR) is 127 cm³/mol. The highest BCUT2D eigenvalue weighted by Crippen LogP contribution is 2.40. The fourth-order valence-corrected chi connectivity index (χ4v) is 4.12. The number of ether oxygens (including phenoxy) is 1. The van der Waals surface area contributed by atoms with Crippen LogP contribution in [0.1, 0.15) is 35.5 Å². The van der Waals surface area contributed by atoms with Gasteiger partial charge in [-0.05, 0) is 55.3 Å². The van der Waals surface area contributed by atoms with Gasteiger partial charge < -0.3 is 9.30 Å². The summed E-state index contributed by atoms with van der Waals surface area (Å²) in [6.45, 7) is 3.81. The normalized spacial score (nSPS) is 15.0. The molecule has 0 bridgehead atoms. The fourth-order valence-electron chi connectivity index (χ4n) is 4.12. The average molecular weight is 455 g/mol. The van der Waals surface area contributed by atoms with Gasteiger partial charge in [-0.25, -0.2) is 14.4 Å². The number of carbonyl (C=O) groups is 1. The third kappa shape index (κ3) is 3.73. The molecule has 2 aromatic carbocycles. The lowest BCUT2D eigenvalue weighted by Crippen LogP contribution is -2.30. The minimum Gasteiger partial charge on any atom is -0.495 e. The van der Waals surface area contributed by atoms with Crippen LogP contribution >= 0.6 is 0 Å². The standard InChI is InChI=1S/C26H22FN5O2/c1-16-14-31(15-30-16)22-9-4-18(13-23(22)34-3)12-21-24-25(29-11-10-28-24)32(26(21)33)17(2)19-5-7-20(27)8-6-19/h4-15,17H,1-3H3. The zero-order valence-corrected chi connectivity index (χ0v) is 18.9. The molecule has 0 spiro atoms. The smallest absolute Gasteiger partial charge is 0.262 e. The summed E-state index contributed by atoms with van der Waals surface area (Å²) in [6, 6.07) is 11.5. The molecule has 0 N–H and O–H groups in total. The van der Waals surface area contributed by atoms with Gasteiger partial charge in [0.05, 0.1) is 36.4 Å². The van der Waals surface area contributed by atoms with Crippen molar-refractivity contribution in [3.8, 4) is 11.4 Å². The number of halogens is 1. The summed E-state index contributed by atoms with van der Waals surface area (Å²) in [5.74, 6) is 0.583. The van der Waals surface area contributed by atoms with Crippen LogP contribution in [-0.4, -0.2) is 32.5 Å². The molecule has 0 saturated carbocycles. The number of carbonyl (C=O) groups excluding carboxylic acids is 1. The monoisotopic (exact) mass is 455 g/mol. The van der Waals surface area contributed by atoms with Gasteiger partial charge in [-0.2, -0.15) is 0 Å². The van der Waals surface area contributed by atoms with Crippen molar-refractivity contribution in [1.82, 2.24) is 19.5 Å². The van der Waals surface area contributed by atoms with Crippen LogP contribution in [0.15, 0.2) is 67.4 Å². The number of fused-ring (bicyclic) bond motifs is 1. The van der Waals surface area contributed by atoms with Crippen molar-refractivity contribution in [1.29, 1.82) is 0 Å². The topological polar surface area (TPSA) is 73.1 Å². The van der Waals surface area contributed by atoms with Crippen LogP contribution in [0.4, 0.5) is 10.2 Å². The summed E-state index contributed by atoms with van der Waals surface area (Å²) in [4.78, 5) is 28.3. The van der Waals surface area contributed by atoms with Crippen LogP contribution in [0.5, 0.6) is 5.75 Å². The zero-order valence-electron chi connectivity index (χ0n) is 18.9. The molecular weight excluding hydrogens is 433 g/mol. The molecule has 1 atom stereocenters. The highest BCUT2D eigenvalue weighted by atomic mass is 19.1. The lowest BCUT2D eigenvalue weighted by Gasteiger charge is -2.24. The van der Waals surface area contributed by atoms with E-state index in [1.54, 1.807) is 48.9 Å². The largest absolute Gasteiger partial charge is 0.495 e. The maximum Gasteiger partial charge on any atom is 0.262 e.